The van der Waals surface area contributed by atoms with E-state index in [0.717, 1.165) is 39.3 Å². The zero-order valence-electron chi connectivity index (χ0n) is 10.0. The molecule has 9 heteroatoms. The molecule has 0 saturated carbocycles. The van der Waals surface area contributed by atoms with Gasteiger partial charge in [-0.05, 0) is 0 Å². The highest BCUT2D eigenvalue weighted by molar-refractivity contribution is 5.33. The third kappa shape index (κ3) is 47.5. The second-order valence-corrected chi connectivity index (χ2v) is 2.57. The summed E-state index contributed by atoms with van der Waals surface area (Å²) in [5.41, 5.74) is 0. The Morgan fingerprint density at radius 2 is 0.667 bits per heavy atom. The van der Waals surface area contributed by atoms with E-state index >= 15 is 0 Å². The first-order valence-corrected chi connectivity index (χ1v) is 5.10. The van der Waals surface area contributed by atoms with Gasteiger partial charge >= 0.3 is 0 Å². The average Bonchev–Trinajstić information content (AvgIpc) is 2.47. The zero-order chi connectivity index (χ0) is 14.5. The molecule has 0 aromatic rings. The summed E-state index contributed by atoms with van der Waals surface area (Å²) in [5, 5.41) is 30.6. The van der Waals surface area contributed by atoms with Crippen LogP contribution in [-0.4, -0.2) is 74.0 Å². The number of carbonyl (C=O) groups is 3. The predicted molar refractivity (Wildman–Crippen MR) is 64.7 cm³/mol. The number of nitrogens with one attached hydrogen (secondary N) is 3. The minimum atomic E-state index is -0.250. The van der Waals surface area contributed by atoms with Gasteiger partial charge in [-0.1, -0.05) is 0 Å². The minimum absolute atomic E-state index is 0.250. The maximum absolute atomic E-state index is 8.36. The van der Waals surface area contributed by atoms with Crippen LogP contribution in [0.4, 0.5) is 0 Å². The van der Waals surface area contributed by atoms with E-state index in [0.29, 0.717) is 0 Å². The fraction of sp³-hybridized carbons (Fsp3) is 0.667. The maximum atomic E-state index is 8.36. The SMILES string of the molecule is C1CNCCNCCN1.O=CO.O=CO.O=CO. The Bertz CT molecular complexity index is 128. The van der Waals surface area contributed by atoms with E-state index in [-0.39, 0.29) is 19.4 Å². The van der Waals surface area contributed by atoms with Crippen LogP contribution in [-0.2, 0) is 14.4 Å². The summed E-state index contributed by atoms with van der Waals surface area (Å²) in [5.74, 6) is 0. The van der Waals surface area contributed by atoms with Gasteiger partial charge < -0.3 is 31.3 Å². The largest absolute Gasteiger partial charge is 0.483 e. The highest BCUT2D eigenvalue weighted by Crippen LogP contribution is 1.65. The van der Waals surface area contributed by atoms with Crippen molar-refractivity contribution in [3.8, 4) is 0 Å². The van der Waals surface area contributed by atoms with E-state index in [1.807, 2.05) is 0 Å². The lowest BCUT2D eigenvalue weighted by Crippen LogP contribution is -2.27. The highest BCUT2D eigenvalue weighted by Gasteiger charge is 1.91. The monoisotopic (exact) mass is 267 g/mol. The first kappa shape index (κ1) is 21.6. The van der Waals surface area contributed by atoms with Crippen LogP contribution in [0.15, 0.2) is 0 Å². The predicted octanol–water partition coefficient (Wildman–Crippen LogP) is -2.13. The molecule has 1 aliphatic rings. The molecule has 0 spiro atoms. The van der Waals surface area contributed by atoms with Crippen molar-refractivity contribution in [2.24, 2.45) is 0 Å². The molecule has 18 heavy (non-hydrogen) atoms. The lowest BCUT2D eigenvalue weighted by Gasteiger charge is -1.99. The molecule has 1 rings (SSSR count). The van der Waals surface area contributed by atoms with Crippen LogP contribution in [0.25, 0.3) is 0 Å². The van der Waals surface area contributed by atoms with Gasteiger partial charge in [0.15, 0.2) is 0 Å². The molecule has 1 fully saturated rings. The molecular formula is C9H21N3O6. The van der Waals surface area contributed by atoms with Gasteiger partial charge in [0.05, 0.1) is 0 Å². The molecule has 0 amide bonds. The molecule has 0 aromatic heterocycles. The van der Waals surface area contributed by atoms with E-state index in [4.69, 9.17) is 29.7 Å². The molecule has 9 nitrogen and oxygen atoms in total. The topological polar surface area (TPSA) is 148 Å². The van der Waals surface area contributed by atoms with Crippen LogP contribution in [0.1, 0.15) is 0 Å². The summed E-state index contributed by atoms with van der Waals surface area (Å²) in [4.78, 5) is 25.1. The first-order chi connectivity index (χ1) is 8.74. The molecule has 0 aromatic carbocycles. The molecule has 108 valence electrons. The van der Waals surface area contributed by atoms with Gasteiger partial charge in [0.25, 0.3) is 19.4 Å². The summed E-state index contributed by atoms with van der Waals surface area (Å²) in [6.45, 7) is 5.84. The molecule has 1 heterocycles. The lowest BCUT2D eigenvalue weighted by atomic mass is 10.6. The summed E-state index contributed by atoms with van der Waals surface area (Å²) < 4.78 is 0. The molecule has 0 bridgehead atoms. The van der Waals surface area contributed by atoms with Gasteiger partial charge in [-0.3, -0.25) is 14.4 Å². The standard InChI is InChI=1S/C6H15N3.3CH2O2/c1-2-8-5-6-9-4-3-7-1;3*2-1-3/h7-9H,1-6H2;3*1H,(H,2,3). The van der Waals surface area contributed by atoms with E-state index in [2.05, 4.69) is 16.0 Å². The Kier molecular flexibility index (Phi) is 35.3. The Balaban J connectivity index is -0.000000210. The van der Waals surface area contributed by atoms with Crippen LogP contribution in [0.2, 0.25) is 0 Å². The normalized spacial score (nSPS) is 14.0. The first-order valence-electron chi connectivity index (χ1n) is 5.10. The fourth-order valence-corrected chi connectivity index (χ4v) is 0.905. The summed E-state index contributed by atoms with van der Waals surface area (Å²) >= 11 is 0. The Morgan fingerprint density at radius 1 is 0.556 bits per heavy atom. The van der Waals surface area contributed by atoms with Gasteiger partial charge in [0.1, 0.15) is 0 Å². The zero-order valence-corrected chi connectivity index (χ0v) is 10.0. The van der Waals surface area contributed by atoms with Gasteiger partial charge in [0.2, 0.25) is 0 Å². The van der Waals surface area contributed by atoms with Crippen LogP contribution in [0.3, 0.4) is 0 Å². The molecular weight excluding hydrogens is 246 g/mol. The van der Waals surface area contributed by atoms with E-state index in [9.17, 15) is 0 Å². The van der Waals surface area contributed by atoms with Gasteiger partial charge in [0, 0.05) is 39.3 Å². The van der Waals surface area contributed by atoms with E-state index in [1.54, 1.807) is 0 Å². The van der Waals surface area contributed by atoms with Crippen molar-refractivity contribution in [1.82, 2.24) is 16.0 Å². The van der Waals surface area contributed by atoms with Crippen molar-refractivity contribution >= 4 is 19.4 Å². The number of carboxylic acid groups (broad SMARTS) is 3. The molecule has 0 unspecified atom stereocenters. The van der Waals surface area contributed by atoms with Crippen LogP contribution in [0, 0.1) is 0 Å². The van der Waals surface area contributed by atoms with Gasteiger partial charge in [-0.25, -0.2) is 0 Å². The molecule has 1 aliphatic heterocycles. The maximum Gasteiger partial charge on any atom is 0.290 e. The van der Waals surface area contributed by atoms with Crippen LogP contribution < -0.4 is 16.0 Å². The van der Waals surface area contributed by atoms with Crippen LogP contribution in [0.5, 0.6) is 0 Å². The fourth-order valence-electron chi connectivity index (χ4n) is 0.905. The van der Waals surface area contributed by atoms with Crippen molar-refractivity contribution in [3.05, 3.63) is 0 Å². The quantitative estimate of drug-likeness (QED) is 0.271. The van der Waals surface area contributed by atoms with E-state index < -0.39 is 0 Å². The lowest BCUT2D eigenvalue weighted by molar-refractivity contribution is -0.123. The Hall–Kier alpha value is -1.71. The number of hydrogen-bond donors (Lipinski definition) is 6. The third-order valence-corrected chi connectivity index (χ3v) is 1.44. The Morgan fingerprint density at radius 3 is 0.778 bits per heavy atom. The smallest absolute Gasteiger partial charge is 0.290 e. The van der Waals surface area contributed by atoms with Crippen molar-refractivity contribution < 1.29 is 29.7 Å². The molecule has 0 radical (unpaired) electrons. The van der Waals surface area contributed by atoms with Gasteiger partial charge in [-0.2, -0.15) is 0 Å². The van der Waals surface area contributed by atoms with Crippen molar-refractivity contribution in [2.45, 2.75) is 0 Å². The summed E-state index contributed by atoms with van der Waals surface area (Å²) in [6.07, 6.45) is 0. The minimum Gasteiger partial charge on any atom is -0.483 e. The second kappa shape index (κ2) is 29.5. The van der Waals surface area contributed by atoms with Gasteiger partial charge in [-0.15, -0.1) is 0 Å². The highest BCUT2D eigenvalue weighted by atomic mass is 16.4. The third-order valence-electron chi connectivity index (χ3n) is 1.44. The molecule has 6 N–H and O–H groups in total. The molecule has 0 aliphatic carbocycles. The number of rotatable bonds is 0. The summed E-state index contributed by atoms with van der Waals surface area (Å²) in [6, 6.07) is 0. The van der Waals surface area contributed by atoms with Crippen molar-refractivity contribution in [2.75, 3.05) is 39.3 Å². The van der Waals surface area contributed by atoms with Crippen LogP contribution >= 0.6 is 0 Å². The molecule has 0 atom stereocenters. The van der Waals surface area contributed by atoms with Crippen molar-refractivity contribution in [3.63, 3.8) is 0 Å². The summed E-state index contributed by atoms with van der Waals surface area (Å²) in [7, 11) is 0. The average molecular weight is 267 g/mol. The number of hydrogen-bond acceptors (Lipinski definition) is 6. The Labute approximate surface area is 105 Å². The second-order valence-electron chi connectivity index (χ2n) is 2.57. The van der Waals surface area contributed by atoms with Crippen molar-refractivity contribution in [1.29, 1.82) is 0 Å². The molecule has 1 saturated heterocycles. The van der Waals surface area contributed by atoms with E-state index in [1.165, 1.54) is 0 Å².